The Morgan fingerprint density at radius 2 is 1.87 bits per heavy atom. The van der Waals surface area contributed by atoms with Gasteiger partial charge in [-0.1, -0.05) is 18.2 Å². The van der Waals surface area contributed by atoms with Gasteiger partial charge < -0.3 is 9.47 Å². The largest absolute Gasteiger partial charge is 0.490 e. The number of hydrogen-bond acceptors (Lipinski definition) is 6. The fraction of sp³-hybridized carbons (Fsp3) is 0.143. The summed E-state index contributed by atoms with van der Waals surface area (Å²) in [6.07, 6.45) is 1.23. The Labute approximate surface area is 170 Å². The molecule has 0 atom stereocenters. The summed E-state index contributed by atoms with van der Waals surface area (Å²) in [7, 11) is 0. The van der Waals surface area contributed by atoms with Crippen LogP contribution in [0, 0.1) is 5.82 Å². The molecule has 0 saturated carbocycles. The van der Waals surface area contributed by atoms with Gasteiger partial charge in [-0.25, -0.2) is 14.1 Å². The topological polar surface area (TPSA) is 102 Å². The zero-order valence-electron chi connectivity index (χ0n) is 16.1. The Kier molecular flexibility index (Phi) is 5.91. The number of amides is 4. The van der Waals surface area contributed by atoms with E-state index in [2.05, 4.69) is 0 Å². The number of urea groups is 1. The molecule has 9 heteroatoms. The maximum atomic E-state index is 14.1. The number of ether oxygens (including phenoxy) is 2. The molecular formula is C21H17FN2O6. The minimum Gasteiger partial charge on any atom is -0.490 e. The number of esters is 1. The van der Waals surface area contributed by atoms with Crippen molar-refractivity contribution in [3.8, 4) is 11.5 Å². The Hall–Kier alpha value is -4.01. The number of rotatable bonds is 5. The SMILES string of the molecule is CCOc1cc(C=C2C(=O)NC(=O)N(c3ccccc3F)C2=O)ccc1OC(C)=O. The molecule has 0 spiro atoms. The number of anilines is 1. The summed E-state index contributed by atoms with van der Waals surface area (Å²) in [5, 5.41) is 2.02. The Morgan fingerprint density at radius 3 is 2.53 bits per heavy atom. The lowest BCUT2D eigenvalue weighted by Gasteiger charge is -2.26. The Bertz CT molecular complexity index is 1080. The highest BCUT2D eigenvalue weighted by atomic mass is 19.1. The van der Waals surface area contributed by atoms with Crippen molar-refractivity contribution < 1.29 is 33.0 Å². The summed E-state index contributed by atoms with van der Waals surface area (Å²) in [5.74, 6) is -2.82. The van der Waals surface area contributed by atoms with Gasteiger partial charge in [0.2, 0.25) is 0 Å². The number of carbonyl (C=O) groups excluding carboxylic acids is 4. The third-order valence-corrected chi connectivity index (χ3v) is 4.03. The normalized spacial score (nSPS) is 15.2. The molecule has 1 saturated heterocycles. The second-order valence-electron chi connectivity index (χ2n) is 6.14. The molecule has 4 amide bonds. The van der Waals surface area contributed by atoms with Crippen LogP contribution in [0.15, 0.2) is 48.0 Å². The van der Waals surface area contributed by atoms with Crippen molar-refractivity contribution in [2.45, 2.75) is 13.8 Å². The first kappa shape index (κ1) is 20.7. The number of nitrogens with one attached hydrogen (secondary N) is 1. The first-order valence-electron chi connectivity index (χ1n) is 8.93. The monoisotopic (exact) mass is 412 g/mol. The highest BCUT2D eigenvalue weighted by molar-refractivity contribution is 6.39. The lowest BCUT2D eigenvalue weighted by molar-refractivity contribution is -0.132. The average Bonchev–Trinajstić information content (AvgIpc) is 2.68. The molecule has 2 aromatic rings. The summed E-state index contributed by atoms with van der Waals surface area (Å²) in [6.45, 7) is 3.26. The zero-order valence-corrected chi connectivity index (χ0v) is 16.1. The molecule has 8 nitrogen and oxygen atoms in total. The van der Waals surface area contributed by atoms with Crippen LogP contribution in [0.3, 0.4) is 0 Å². The Balaban J connectivity index is 2.01. The molecule has 154 valence electrons. The predicted octanol–water partition coefficient (Wildman–Crippen LogP) is 2.82. The van der Waals surface area contributed by atoms with Crippen molar-refractivity contribution in [3.63, 3.8) is 0 Å². The van der Waals surface area contributed by atoms with Crippen LogP contribution in [0.2, 0.25) is 0 Å². The summed E-state index contributed by atoms with van der Waals surface area (Å²) in [4.78, 5) is 49.0. The van der Waals surface area contributed by atoms with Crippen LogP contribution < -0.4 is 19.7 Å². The standard InChI is InChI=1S/C21H17FN2O6/c1-3-29-18-11-13(8-9-17(18)30-12(2)25)10-14-19(26)23-21(28)24(20(14)27)16-7-5-4-6-15(16)22/h4-11H,3H2,1-2H3,(H,23,26,28). The maximum absolute atomic E-state index is 14.1. The first-order valence-corrected chi connectivity index (χ1v) is 8.93. The molecule has 1 fully saturated rings. The number of imide groups is 2. The fourth-order valence-corrected chi connectivity index (χ4v) is 2.80. The molecule has 0 aliphatic carbocycles. The average molecular weight is 412 g/mol. The van der Waals surface area contributed by atoms with Crippen molar-refractivity contribution in [2.24, 2.45) is 0 Å². The lowest BCUT2D eigenvalue weighted by Crippen LogP contribution is -2.54. The number of para-hydroxylation sites is 1. The highest BCUT2D eigenvalue weighted by Gasteiger charge is 2.37. The molecule has 0 unspecified atom stereocenters. The van der Waals surface area contributed by atoms with Crippen LogP contribution in [-0.4, -0.2) is 30.4 Å². The van der Waals surface area contributed by atoms with Gasteiger partial charge in [0.1, 0.15) is 11.4 Å². The van der Waals surface area contributed by atoms with Gasteiger partial charge in [-0.2, -0.15) is 0 Å². The van der Waals surface area contributed by atoms with Crippen LogP contribution >= 0.6 is 0 Å². The molecular weight excluding hydrogens is 395 g/mol. The van der Waals surface area contributed by atoms with Crippen molar-refractivity contribution >= 4 is 35.6 Å². The quantitative estimate of drug-likeness (QED) is 0.351. The molecule has 0 bridgehead atoms. The van der Waals surface area contributed by atoms with Crippen LogP contribution in [0.25, 0.3) is 6.08 Å². The van der Waals surface area contributed by atoms with E-state index >= 15 is 0 Å². The third kappa shape index (κ3) is 4.19. The minimum atomic E-state index is -1.05. The summed E-state index contributed by atoms with van der Waals surface area (Å²) < 4.78 is 24.6. The smallest absolute Gasteiger partial charge is 0.336 e. The van der Waals surface area contributed by atoms with E-state index in [0.717, 1.165) is 6.07 Å². The lowest BCUT2D eigenvalue weighted by atomic mass is 10.1. The maximum Gasteiger partial charge on any atom is 0.336 e. The van der Waals surface area contributed by atoms with Crippen LogP contribution in [-0.2, 0) is 14.4 Å². The van der Waals surface area contributed by atoms with Gasteiger partial charge in [0, 0.05) is 6.92 Å². The third-order valence-electron chi connectivity index (χ3n) is 4.03. The number of halogens is 1. The molecule has 1 aliphatic rings. The van der Waals surface area contributed by atoms with Crippen molar-refractivity contribution in [2.75, 3.05) is 11.5 Å². The van der Waals surface area contributed by atoms with E-state index < -0.39 is 29.6 Å². The van der Waals surface area contributed by atoms with Gasteiger partial charge in [0.15, 0.2) is 11.5 Å². The second-order valence-corrected chi connectivity index (χ2v) is 6.14. The number of barbiturate groups is 1. The van der Waals surface area contributed by atoms with E-state index in [-0.39, 0.29) is 29.4 Å². The van der Waals surface area contributed by atoms with E-state index in [9.17, 15) is 23.6 Å². The molecule has 3 rings (SSSR count). The van der Waals surface area contributed by atoms with E-state index in [1.165, 1.54) is 49.4 Å². The highest BCUT2D eigenvalue weighted by Crippen LogP contribution is 2.30. The van der Waals surface area contributed by atoms with Gasteiger partial charge in [0.05, 0.1) is 12.3 Å². The van der Waals surface area contributed by atoms with Crippen LogP contribution in [0.1, 0.15) is 19.4 Å². The van der Waals surface area contributed by atoms with Crippen molar-refractivity contribution in [1.82, 2.24) is 5.32 Å². The van der Waals surface area contributed by atoms with E-state index in [1.807, 2.05) is 5.32 Å². The summed E-state index contributed by atoms with van der Waals surface area (Å²) >= 11 is 0. The zero-order chi connectivity index (χ0) is 21.8. The predicted molar refractivity (Wildman–Crippen MR) is 104 cm³/mol. The van der Waals surface area contributed by atoms with Gasteiger partial charge in [-0.3, -0.25) is 19.7 Å². The van der Waals surface area contributed by atoms with Crippen molar-refractivity contribution in [3.05, 3.63) is 59.4 Å². The number of nitrogens with zero attached hydrogens (tertiary/aromatic N) is 1. The number of hydrogen-bond donors (Lipinski definition) is 1. The minimum absolute atomic E-state index is 0.175. The molecule has 1 aliphatic heterocycles. The number of carbonyl (C=O) groups is 4. The number of benzene rings is 2. The first-order chi connectivity index (χ1) is 14.3. The fourth-order valence-electron chi connectivity index (χ4n) is 2.80. The summed E-state index contributed by atoms with van der Waals surface area (Å²) in [6, 6.07) is 8.58. The molecule has 0 aromatic heterocycles. The van der Waals surface area contributed by atoms with Gasteiger partial charge in [-0.15, -0.1) is 0 Å². The summed E-state index contributed by atoms with van der Waals surface area (Å²) in [5.41, 5.74) is -0.283. The van der Waals surface area contributed by atoms with Crippen molar-refractivity contribution in [1.29, 1.82) is 0 Å². The van der Waals surface area contributed by atoms with Gasteiger partial charge in [-0.05, 0) is 42.8 Å². The molecule has 0 radical (unpaired) electrons. The molecule has 1 heterocycles. The van der Waals surface area contributed by atoms with Crippen LogP contribution in [0.5, 0.6) is 11.5 Å². The molecule has 30 heavy (non-hydrogen) atoms. The van der Waals surface area contributed by atoms with E-state index in [1.54, 1.807) is 6.92 Å². The Morgan fingerprint density at radius 1 is 1.13 bits per heavy atom. The van der Waals surface area contributed by atoms with E-state index in [0.29, 0.717) is 10.5 Å². The molecule has 2 aromatic carbocycles. The van der Waals surface area contributed by atoms with Gasteiger partial charge in [0.25, 0.3) is 11.8 Å². The molecule has 1 N–H and O–H groups in total. The van der Waals surface area contributed by atoms with Crippen LogP contribution in [0.4, 0.5) is 14.9 Å². The van der Waals surface area contributed by atoms with Gasteiger partial charge >= 0.3 is 12.0 Å². The second kappa shape index (κ2) is 8.56. The van der Waals surface area contributed by atoms with E-state index in [4.69, 9.17) is 9.47 Å².